The molecule has 2 aliphatic rings. The molecule has 0 bridgehead atoms. The number of fused-ring (bicyclic) bond motifs is 1. The number of carbonyl (C=O) groups is 2. The number of hydrogen-bond acceptors (Lipinski definition) is 11. The molecule has 4 atom stereocenters. The van der Waals surface area contributed by atoms with E-state index in [9.17, 15) is 19.8 Å². The molecule has 4 N–H and O–H groups in total. The maximum atomic E-state index is 14.2. The Labute approximate surface area is 328 Å². The summed E-state index contributed by atoms with van der Waals surface area (Å²) in [7, 11) is 0. The molecule has 0 spiro atoms. The van der Waals surface area contributed by atoms with E-state index in [-0.39, 0.29) is 42.5 Å². The number of aromatic hydroxyl groups is 1. The number of carbonyl (C=O) groups excluding carboxylic acids is 2. The topological polar surface area (TPSA) is 174 Å². The molecule has 6 aromatic rings. The maximum absolute atomic E-state index is 14.2. The quantitative estimate of drug-likeness (QED) is 0.116. The van der Waals surface area contributed by atoms with Crippen LogP contribution >= 0.6 is 11.3 Å². The minimum Gasteiger partial charge on any atom is -0.507 e. The molecule has 8 rings (SSSR count). The van der Waals surface area contributed by atoms with Crippen LogP contribution in [0.15, 0.2) is 76.8 Å². The average Bonchev–Trinajstić information content (AvgIpc) is 3.98. The van der Waals surface area contributed by atoms with Crippen LogP contribution in [0, 0.1) is 12.8 Å². The molecule has 2 fully saturated rings. The number of nitrogens with zero attached hydrogens (tertiary/aromatic N) is 6. The maximum Gasteiger partial charge on any atom is 0.243 e. The Balaban J connectivity index is 0.862. The summed E-state index contributed by atoms with van der Waals surface area (Å²) in [6.07, 6.45) is 0.0273. The fourth-order valence-corrected chi connectivity index (χ4v) is 8.74. The second kappa shape index (κ2) is 15.6. The number of aliphatic hydroxyl groups excluding tert-OH is 1. The summed E-state index contributed by atoms with van der Waals surface area (Å²) in [6.45, 7) is 10.4. The number of phenols is 1. The van der Waals surface area contributed by atoms with Gasteiger partial charge in [-0.1, -0.05) is 55.4 Å². The van der Waals surface area contributed by atoms with E-state index in [1.54, 1.807) is 23.5 Å². The molecule has 0 aliphatic carbocycles. The number of phenolic OH excluding ortho intramolecular Hbond substituents is 1. The van der Waals surface area contributed by atoms with Crippen molar-refractivity contribution in [3.8, 4) is 27.4 Å². The third-order valence-electron chi connectivity index (χ3n) is 11.1. The molecular formula is C42H46N8O5S. The van der Waals surface area contributed by atoms with Gasteiger partial charge in [0.05, 0.1) is 39.6 Å². The van der Waals surface area contributed by atoms with Crippen LogP contribution in [-0.2, 0) is 16.0 Å². The Morgan fingerprint density at radius 1 is 1.04 bits per heavy atom. The third kappa shape index (κ3) is 7.56. The molecule has 56 heavy (non-hydrogen) atoms. The summed E-state index contributed by atoms with van der Waals surface area (Å²) in [5, 5.41) is 38.0. The fraction of sp³-hybridized carbons (Fsp3) is 0.381. The third-order valence-corrected chi connectivity index (χ3v) is 12.1. The number of aryl methyl sites for hydroxylation is 1. The predicted octanol–water partition coefficient (Wildman–Crippen LogP) is 5.97. The van der Waals surface area contributed by atoms with Gasteiger partial charge in [0.2, 0.25) is 11.8 Å². The molecule has 14 heteroatoms. The van der Waals surface area contributed by atoms with Gasteiger partial charge in [-0.05, 0) is 55.2 Å². The van der Waals surface area contributed by atoms with Gasteiger partial charge in [-0.25, -0.2) is 4.98 Å². The second-order valence-corrected chi connectivity index (χ2v) is 16.3. The van der Waals surface area contributed by atoms with E-state index in [2.05, 4.69) is 41.6 Å². The highest BCUT2D eigenvalue weighted by Crippen LogP contribution is 2.34. The van der Waals surface area contributed by atoms with Crippen LogP contribution in [0.2, 0.25) is 0 Å². The molecule has 290 valence electrons. The molecule has 0 saturated carbocycles. The SMILES string of the molecule is Cc1ncsc1-c1ccc([C@H](C)NC(=O)[C@@H]2C[C@@H](O)CN2C(=O)[C@@H](c2cc(CCN3CC(c4cc5cc(-c6ccccc6O)nnc5[nH]4)C3)no2)C(C)C)cc1. The smallest absolute Gasteiger partial charge is 0.243 e. The Kier molecular flexibility index (Phi) is 10.4. The van der Waals surface area contributed by atoms with Crippen molar-refractivity contribution >= 4 is 34.2 Å². The molecule has 4 aromatic heterocycles. The molecule has 13 nitrogen and oxygen atoms in total. The van der Waals surface area contributed by atoms with E-state index in [1.807, 2.05) is 81.7 Å². The Morgan fingerprint density at radius 3 is 2.55 bits per heavy atom. The lowest BCUT2D eigenvalue weighted by Gasteiger charge is -2.38. The monoisotopic (exact) mass is 774 g/mol. The zero-order chi connectivity index (χ0) is 39.1. The highest BCUT2D eigenvalue weighted by Gasteiger charge is 2.43. The lowest BCUT2D eigenvalue weighted by molar-refractivity contribution is -0.141. The van der Waals surface area contributed by atoms with E-state index >= 15 is 0 Å². The highest BCUT2D eigenvalue weighted by molar-refractivity contribution is 7.13. The molecule has 2 aromatic carbocycles. The van der Waals surface area contributed by atoms with Gasteiger partial charge in [-0.2, -0.15) is 0 Å². The number of thiazole rings is 1. The van der Waals surface area contributed by atoms with Crippen molar-refractivity contribution in [3.63, 3.8) is 0 Å². The zero-order valence-corrected chi connectivity index (χ0v) is 32.7. The van der Waals surface area contributed by atoms with Gasteiger partial charge in [-0.15, -0.1) is 21.5 Å². The van der Waals surface area contributed by atoms with Crippen LogP contribution in [0.5, 0.6) is 5.75 Å². The molecule has 2 saturated heterocycles. The predicted molar refractivity (Wildman–Crippen MR) is 213 cm³/mol. The highest BCUT2D eigenvalue weighted by atomic mass is 32.1. The van der Waals surface area contributed by atoms with Gasteiger partial charge in [0.15, 0.2) is 5.65 Å². The van der Waals surface area contributed by atoms with Crippen molar-refractivity contribution in [2.45, 2.75) is 70.6 Å². The summed E-state index contributed by atoms with van der Waals surface area (Å²) in [6, 6.07) is 20.0. The molecule has 0 unspecified atom stereocenters. The molecule has 2 aliphatic heterocycles. The largest absolute Gasteiger partial charge is 0.507 e. The second-order valence-electron chi connectivity index (χ2n) is 15.4. The van der Waals surface area contributed by atoms with E-state index in [0.29, 0.717) is 29.4 Å². The molecule has 0 radical (unpaired) electrons. The van der Waals surface area contributed by atoms with Crippen molar-refractivity contribution in [2.75, 3.05) is 26.2 Å². The molecular weight excluding hydrogens is 729 g/mol. The van der Waals surface area contributed by atoms with Crippen LogP contribution in [0.4, 0.5) is 0 Å². The molecule has 6 heterocycles. The van der Waals surface area contributed by atoms with Crippen LogP contribution in [0.25, 0.3) is 32.7 Å². The lowest BCUT2D eigenvalue weighted by Crippen LogP contribution is -2.48. The van der Waals surface area contributed by atoms with E-state index in [1.165, 1.54) is 4.90 Å². The standard InChI is InChI=1S/C42H46N8O5S/c1-23(2)38(42(54)50-21-31(51)18-35(50)41(53)44-24(3)26-9-11-27(12-10-26)39-25(4)43-22-56-39)37-17-30(48-55-37)13-14-49-19-29(20-49)33-15-28-16-34(46-47-40(28)45-33)32-7-5-6-8-36(32)52/h5-12,15-17,22-24,29,31,35,38,51-52H,13-14,18-21H2,1-4H3,(H,44,53)(H,45,47)/t24-,31+,35-,38+/m0/s1. The number of hydrogen-bond donors (Lipinski definition) is 4. The number of benzene rings is 2. The number of para-hydroxylation sites is 1. The minimum atomic E-state index is -0.802. The van der Waals surface area contributed by atoms with Crippen LogP contribution in [-0.4, -0.2) is 95.5 Å². The number of aliphatic hydroxyl groups is 1. The van der Waals surface area contributed by atoms with Gasteiger partial charge >= 0.3 is 0 Å². The van der Waals surface area contributed by atoms with E-state index in [0.717, 1.165) is 63.8 Å². The number of likely N-dealkylation sites (tertiary alicyclic amines) is 2. The van der Waals surface area contributed by atoms with Crippen LogP contribution in [0.3, 0.4) is 0 Å². The number of aromatic nitrogens is 5. The van der Waals surface area contributed by atoms with Gasteiger partial charge in [-0.3, -0.25) is 9.59 Å². The first kappa shape index (κ1) is 37.5. The van der Waals surface area contributed by atoms with Gasteiger partial charge in [0.25, 0.3) is 0 Å². The number of amides is 2. The first-order valence-corrected chi connectivity index (χ1v) is 20.0. The number of rotatable bonds is 12. The first-order chi connectivity index (χ1) is 27.0. The van der Waals surface area contributed by atoms with Crippen LogP contribution < -0.4 is 5.32 Å². The summed E-state index contributed by atoms with van der Waals surface area (Å²) in [5.74, 6) is -0.360. The Morgan fingerprint density at radius 2 is 1.82 bits per heavy atom. The minimum absolute atomic E-state index is 0.0786. The van der Waals surface area contributed by atoms with Crippen molar-refractivity contribution in [1.82, 2.24) is 40.4 Å². The normalized spacial score (nSPS) is 18.7. The van der Waals surface area contributed by atoms with Gasteiger partial charge < -0.3 is 34.8 Å². The van der Waals surface area contributed by atoms with Gasteiger partial charge in [0.1, 0.15) is 23.5 Å². The Hall–Kier alpha value is -5.44. The number of aromatic amines is 1. The van der Waals surface area contributed by atoms with Gasteiger partial charge in [0, 0.05) is 67.6 Å². The van der Waals surface area contributed by atoms with Crippen molar-refractivity contribution in [2.24, 2.45) is 5.92 Å². The van der Waals surface area contributed by atoms with E-state index < -0.39 is 18.1 Å². The lowest BCUT2D eigenvalue weighted by atomic mass is 9.91. The average molecular weight is 775 g/mol. The van der Waals surface area contributed by atoms with Crippen molar-refractivity contribution in [1.29, 1.82) is 0 Å². The van der Waals surface area contributed by atoms with Crippen molar-refractivity contribution in [3.05, 3.63) is 101 Å². The summed E-state index contributed by atoms with van der Waals surface area (Å²) in [5.41, 5.74) is 8.69. The van der Waals surface area contributed by atoms with E-state index in [4.69, 9.17) is 4.52 Å². The van der Waals surface area contributed by atoms with Crippen molar-refractivity contribution < 1.29 is 24.3 Å². The summed E-state index contributed by atoms with van der Waals surface area (Å²) in [4.78, 5) is 40.6. The zero-order valence-electron chi connectivity index (χ0n) is 31.8. The fourth-order valence-electron chi connectivity index (χ4n) is 7.92. The summed E-state index contributed by atoms with van der Waals surface area (Å²) >= 11 is 1.59. The van der Waals surface area contributed by atoms with Crippen LogP contribution in [0.1, 0.15) is 73.5 Å². The number of nitrogens with one attached hydrogen (secondary N) is 2. The Bertz CT molecular complexity index is 2350. The summed E-state index contributed by atoms with van der Waals surface area (Å²) < 4.78 is 5.80. The first-order valence-electron chi connectivity index (χ1n) is 19.1. The number of H-pyrrole nitrogens is 1. The molecule has 2 amide bonds. The number of β-amino-alcohol motifs (C(OH)–C–C–N with tert-alkyl or cyclic N) is 1.